The highest BCUT2D eigenvalue weighted by Crippen LogP contribution is 2.17. The minimum absolute atomic E-state index is 0.923. The standard InChI is InChI=1S/C16H29N3O/c1-4-6-17-12-15-11-16(20-14(15)2)13-19-8-5-7-18(3)9-10-19/h11,17H,4-10,12-13H2,1-3H3. The van der Waals surface area contributed by atoms with Crippen LogP contribution in [0.1, 0.15) is 36.8 Å². The van der Waals surface area contributed by atoms with E-state index in [1.54, 1.807) is 0 Å². The zero-order valence-electron chi connectivity index (χ0n) is 13.2. The molecule has 114 valence electrons. The van der Waals surface area contributed by atoms with Crippen LogP contribution < -0.4 is 5.32 Å². The number of rotatable bonds is 6. The number of nitrogens with one attached hydrogen (secondary N) is 1. The Bertz CT molecular complexity index is 402. The summed E-state index contributed by atoms with van der Waals surface area (Å²) >= 11 is 0. The highest BCUT2D eigenvalue weighted by Gasteiger charge is 2.15. The molecule has 4 heteroatoms. The molecule has 1 N–H and O–H groups in total. The summed E-state index contributed by atoms with van der Waals surface area (Å²) in [7, 11) is 2.21. The molecule has 0 spiro atoms. The van der Waals surface area contributed by atoms with Crippen molar-refractivity contribution in [2.24, 2.45) is 0 Å². The van der Waals surface area contributed by atoms with E-state index < -0.39 is 0 Å². The summed E-state index contributed by atoms with van der Waals surface area (Å²) in [5.74, 6) is 2.18. The molecule has 0 atom stereocenters. The van der Waals surface area contributed by atoms with Crippen LogP contribution in [-0.2, 0) is 13.1 Å². The number of nitrogens with zero attached hydrogens (tertiary/aromatic N) is 2. The van der Waals surface area contributed by atoms with Crippen LogP contribution in [0.15, 0.2) is 10.5 Å². The number of hydrogen-bond donors (Lipinski definition) is 1. The molecule has 1 aliphatic heterocycles. The maximum absolute atomic E-state index is 5.92. The molecular weight excluding hydrogens is 250 g/mol. The van der Waals surface area contributed by atoms with Gasteiger partial charge in [-0.05, 0) is 52.5 Å². The molecule has 0 amide bonds. The summed E-state index contributed by atoms with van der Waals surface area (Å²) in [6.07, 6.45) is 2.42. The Hall–Kier alpha value is -0.840. The molecule has 2 rings (SSSR count). The normalized spacial score (nSPS) is 18.4. The van der Waals surface area contributed by atoms with Crippen molar-refractivity contribution in [3.63, 3.8) is 0 Å². The van der Waals surface area contributed by atoms with Gasteiger partial charge >= 0.3 is 0 Å². The van der Waals surface area contributed by atoms with E-state index in [-0.39, 0.29) is 0 Å². The lowest BCUT2D eigenvalue weighted by Gasteiger charge is -2.18. The van der Waals surface area contributed by atoms with Crippen molar-refractivity contribution in [3.8, 4) is 0 Å². The molecule has 0 aliphatic carbocycles. The Morgan fingerprint density at radius 1 is 1.25 bits per heavy atom. The average Bonchev–Trinajstić information content (AvgIpc) is 2.63. The predicted octanol–water partition coefficient (Wildman–Crippen LogP) is 2.23. The van der Waals surface area contributed by atoms with Gasteiger partial charge in [0.15, 0.2) is 0 Å². The molecule has 20 heavy (non-hydrogen) atoms. The first kappa shape index (κ1) is 15.5. The molecule has 1 aliphatic rings. The quantitative estimate of drug-likeness (QED) is 0.809. The molecule has 0 aromatic carbocycles. The van der Waals surface area contributed by atoms with E-state index in [0.29, 0.717) is 0 Å². The molecule has 2 heterocycles. The van der Waals surface area contributed by atoms with E-state index in [0.717, 1.165) is 44.2 Å². The van der Waals surface area contributed by atoms with Crippen molar-refractivity contribution in [2.75, 3.05) is 39.8 Å². The summed E-state index contributed by atoms with van der Waals surface area (Å²) in [6.45, 7) is 11.9. The highest BCUT2D eigenvalue weighted by atomic mass is 16.3. The highest BCUT2D eigenvalue weighted by molar-refractivity contribution is 5.20. The molecule has 1 saturated heterocycles. The van der Waals surface area contributed by atoms with E-state index in [1.165, 1.54) is 31.5 Å². The van der Waals surface area contributed by atoms with Crippen molar-refractivity contribution >= 4 is 0 Å². The molecule has 0 bridgehead atoms. The first-order valence-electron chi connectivity index (χ1n) is 7.89. The van der Waals surface area contributed by atoms with Crippen LogP contribution in [0.2, 0.25) is 0 Å². The van der Waals surface area contributed by atoms with Gasteiger partial charge in [0, 0.05) is 25.2 Å². The number of likely N-dealkylation sites (N-methyl/N-ethyl adjacent to an activating group) is 1. The van der Waals surface area contributed by atoms with Gasteiger partial charge in [-0.2, -0.15) is 0 Å². The Labute approximate surface area is 123 Å². The smallest absolute Gasteiger partial charge is 0.118 e. The maximum atomic E-state index is 5.92. The van der Waals surface area contributed by atoms with Gasteiger partial charge in [0.25, 0.3) is 0 Å². The number of aryl methyl sites for hydroxylation is 1. The number of hydrogen-bond acceptors (Lipinski definition) is 4. The van der Waals surface area contributed by atoms with Gasteiger partial charge in [-0.1, -0.05) is 6.92 Å². The van der Waals surface area contributed by atoms with E-state index >= 15 is 0 Å². The first-order valence-corrected chi connectivity index (χ1v) is 7.89. The fraction of sp³-hybridized carbons (Fsp3) is 0.750. The zero-order chi connectivity index (χ0) is 14.4. The lowest BCUT2D eigenvalue weighted by molar-refractivity contribution is 0.247. The minimum Gasteiger partial charge on any atom is -0.465 e. The SMILES string of the molecule is CCCNCc1cc(CN2CCCN(C)CC2)oc1C. The second-order valence-corrected chi connectivity index (χ2v) is 5.90. The van der Waals surface area contributed by atoms with Gasteiger partial charge in [-0.3, -0.25) is 4.90 Å². The Morgan fingerprint density at radius 3 is 2.90 bits per heavy atom. The minimum atomic E-state index is 0.923. The van der Waals surface area contributed by atoms with Crippen LogP contribution in [0.25, 0.3) is 0 Å². The van der Waals surface area contributed by atoms with Crippen molar-refractivity contribution < 1.29 is 4.42 Å². The van der Waals surface area contributed by atoms with Gasteiger partial charge in [-0.25, -0.2) is 0 Å². The van der Waals surface area contributed by atoms with Gasteiger partial charge < -0.3 is 14.6 Å². The summed E-state index contributed by atoms with van der Waals surface area (Å²) in [5, 5.41) is 3.44. The number of furan rings is 1. The topological polar surface area (TPSA) is 31.6 Å². The van der Waals surface area contributed by atoms with Gasteiger partial charge in [0.2, 0.25) is 0 Å². The molecule has 0 radical (unpaired) electrons. The van der Waals surface area contributed by atoms with E-state index in [9.17, 15) is 0 Å². The second kappa shape index (κ2) is 7.81. The van der Waals surface area contributed by atoms with Crippen LogP contribution in [0.4, 0.5) is 0 Å². The lowest BCUT2D eigenvalue weighted by Crippen LogP contribution is -2.28. The van der Waals surface area contributed by atoms with E-state index in [1.807, 2.05) is 0 Å². The summed E-state index contributed by atoms with van der Waals surface area (Å²) < 4.78 is 5.92. The fourth-order valence-corrected chi connectivity index (χ4v) is 2.72. The summed E-state index contributed by atoms with van der Waals surface area (Å²) in [5.41, 5.74) is 1.31. The first-order chi connectivity index (χ1) is 9.69. The van der Waals surface area contributed by atoms with Gasteiger partial charge in [0.1, 0.15) is 11.5 Å². The van der Waals surface area contributed by atoms with Crippen molar-refractivity contribution in [1.29, 1.82) is 0 Å². The van der Waals surface area contributed by atoms with Crippen LogP contribution in [0.3, 0.4) is 0 Å². The van der Waals surface area contributed by atoms with E-state index in [2.05, 4.69) is 42.1 Å². The molecule has 1 fully saturated rings. The zero-order valence-corrected chi connectivity index (χ0v) is 13.2. The predicted molar refractivity (Wildman–Crippen MR) is 82.8 cm³/mol. The van der Waals surface area contributed by atoms with Crippen molar-refractivity contribution in [2.45, 2.75) is 39.8 Å². The molecule has 1 aromatic rings. The maximum Gasteiger partial charge on any atom is 0.118 e. The summed E-state index contributed by atoms with van der Waals surface area (Å²) in [6, 6.07) is 2.23. The van der Waals surface area contributed by atoms with Crippen molar-refractivity contribution in [1.82, 2.24) is 15.1 Å². The van der Waals surface area contributed by atoms with Crippen LogP contribution >= 0.6 is 0 Å². The Kier molecular flexibility index (Phi) is 6.07. The lowest BCUT2D eigenvalue weighted by atomic mass is 10.2. The average molecular weight is 279 g/mol. The molecule has 1 aromatic heterocycles. The third-order valence-corrected chi connectivity index (χ3v) is 4.01. The van der Waals surface area contributed by atoms with Gasteiger partial charge in [0.05, 0.1) is 6.54 Å². The van der Waals surface area contributed by atoms with Crippen molar-refractivity contribution in [3.05, 3.63) is 23.2 Å². The third kappa shape index (κ3) is 4.62. The second-order valence-electron chi connectivity index (χ2n) is 5.90. The van der Waals surface area contributed by atoms with Crippen LogP contribution in [-0.4, -0.2) is 49.6 Å². The van der Waals surface area contributed by atoms with Crippen LogP contribution in [0.5, 0.6) is 0 Å². The Morgan fingerprint density at radius 2 is 2.10 bits per heavy atom. The van der Waals surface area contributed by atoms with Gasteiger partial charge in [-0.15, -0.1) is 0 Å². The Balaban J connectivity index is 1.87. The third-order valence-electron chi connectivity index (χ3n) is 4.01. The fourth-order valence-electron chi connectivity index (χ4n) is 2.72. The largest absolute Gasteiger partial charge is 0.465 e. The molecule has 0 saturated carbocycles. The molecule has 0 unspecified atom stereocenters. The van der Waals surface area contributed by atoms with E-state index in [4.69, 9.17) is 4.42 Å². The monoisotopic (exact) mass is 279 g/mol. The van der Waals surface area contributed by atoms with Crippen LogP contribution in [0, 0.1) is 6.92 Å². The summed E-state index contributed by atoms with van der Waals surface area (Å²) in [4.78, 5) is 4.92. The molecule has 4 nitrogen and oxygen atoms in total. The molecular formula is C16H29N3O.